The summed E-state index contributed by atoms with van der Waals surface area (Å²) in [5, 5.41) is 8.42. The SMILES string of the molecule is CC(=O)Nc1cccc(Nc2nccc(C(=O)NCc3ccc(F)cc3)n2)c1. The maximum absolute atomic E-state index is 12.9. The van der Waals surface area contributed by atoms with Gasteiger partial charge in [0, 0.05) is 31.0 Å². The lowest BCUT2D eigenvalue weighted by molar-refractivity contribution is -0.114. The zero-order valence-corrected chi connectivity index (χ0v) is 15.1. The van der Waals surface area contributed by atoms with E-state index in [1.807, 2.05) is 0 Å². The normalized spacial score (nSPS) is 10.2. The number of rotatable bonds is 6. The van der Waals surface area contributed by atoms with Crippen LogP contribution in [0, 0.1) is 5.82 Å². The van der Waals surface area contributed by atoms with Crippen LogP contribution in [-0.4, -0.2) is 21.8 Å². The lowest BCUT2D eigenvalue weighted by Crippen LogP contribution is -2.24. The Morgan fingerprint density at radius 3 is 2.54 bits per heavy atom. The molecule has 3 rings (SSSR count). The second-order valence-electron chi connectivity index (χ2n) is 5.96. The van der Waals surface area contributed by atoms with Crippen molar-refractivity contribution in [3.8, 4) is 0 Å². The van der Waals surface area contributed by atoms with E-state index in [9.17, 15) is 14.0 Å². The van der Waals surface area contributed by atoms with Crippen LogP contribution in [0.25, 0.3) is 0 Å². The zero-order chi connectivity index (χ0) is 19.9. The predicted molar refractivity (Wildman–Crippen MR) is 104 cm³/mol. The minimum Gasteiger partial charge on any atom is -0.347 e. The summed E-state index contributed by atoms with van der Waals surface area (Å²) in [5.74, 6) is -0.631. The van der Waals surface area contributed by atoms with Gasteiger partial charge in [-0.15, -0.1) is 0 Å². The lowest BCUT2D eigenvalue weighted by atomic mass is 10.2. The number of benzene rings is 2. The third-order valence-corrected chi connectivity index (χ3v) is 3.69. The van der Waals surface area contributed by atoms with Crippen molar-refractivity contribution in [2.24, 2.45) is 0 Å². The van der Waals surface area contributed by atoms with E-state index in [0.29, 0.717) is 11.4 Å². The fourth-order valence-electron chi connectivity index (χ4n) is 2.43. The molecule has 0 aliphatic heterocycles. The summed E-state index contributed by atoms with van der Waals surface area (Å²) in [6.07, 6.45) is 1.47. The van der Waals surface area contributed by atoms with Gasteiger partial charge in [0.1, 0.15) is 11.5 Å². The van der Waals surface area contributed by atoms with Crippen LogP contribution in [0.2, 0.25) is 0 Å². The Bertz CT molecular complexity index is 992. The highest BCUT2D eigenvalue weighted by molar-refractivity contribution is 5.92. The first-order chi connectivity index (χ1) is 13.5. The van der Waals surface area contributed by atoms with Crippen LogP contribution in [0.4, 0.5) is 21.7 Å². The molecule has 2 aromatic carbocycles. The third-order valence-electron chi connectivity index (χ3n) is 3.69. The minimum atomic E-state index is -0.373. The number of amides is 2. The van der Waals surface area contributed by atoms with E-state index >= 15 is 0 Å². The summed E-state index contributed by atoms with van der Waals surface area (Å²) in [4.78, 5) is 31.8. The summed E-state index contributed by atoms with van der Waals surface area (Å²) in [6, 6.07) is 14.4. The summed E-state index contributed by atoms with van der Waals surface area (Å²) in [6.45, 7) is 1.68. The molecule has 0 bridgehead atoms. The quantitative estimate of drug-likeness (QED) is 0.611. The van der Waals surface area contributed by atoms with Gasteiger partial charge in [-0.1, -0.05) is 18.2 Å². The van der Waals surface area contributed by atoms with Gasteiger partial charge in [-0.05, 0) is 42.0 Å². The van der Waals surface area contributed by atoms with Gasteiger partial charge in [0.2, 0.25) is 11.9 Å². The molecule has 0 fully saturated rings. The topological polar surface area (TPSA) is 96.0 Å². The summed E-state index contributed by atoms with van der Waals surface area (Å²) < 4.78 is 12.9. The van der Waals surface area contributed by atoms with Crippen molar-refractivity contribution in [1.82, 2.24) is 15.3 Å². The molecule has 3 N–H and O–H groups in total. The zero-order valence-electron chi connectivity index (χ0n) is 15.1. The molecule has 142 valence electrons. The van der Waals surface area contributed by atoms with Crippen molar-refractivity contribution in [3.63, 3.8) is 0 Å². The number of halogens is 1. The Morgan fingerprint density at radius 2 is 1.79 bits per heavy atom. The van der Waals surface area contributed by atoms with Crippen molar-refractivity contribution in [2.45, 2.75) is 13.5 Å². The number of nitrogens with one attached hydrogen (secondary N) is 3. The highest BCUT2D eigenvalue weighted by atomic mass is 19.1. The highest BCUT2D eigenvalue weighted by Crippen LogP contribution is 2.18. The fraction of sp³-hybridized carbons (Fsp3) is 0.100. The number of carbonyl (C=O) groups excluding carboxylic acids is 2. The van der Waals surface area contributed by atoms with Gasteiger partial charge < -0.3 is 16.0 Å². The summed E-state index contributed by atoms with van der Waals surface area (Å²) in [7, 11) is 0. The van der Waals surface area contributed by atoms with E-state index in [0.717, 1.165) is 5.56 Å². The van der Waals surface area contributed by atoms with Crippen molar-refractivity contribution >= 4 is 29.1 Å². The highest BCUT2D eigenvalue weighted by Gasteiger charge is 2.09. The van der Waals surface area contributed by atoms with Gasteiger partial charge in [-0.2, -0.15) is 0 Å². The number of hydrogen-bond acceptors (Lipinski definition) is 5. The minimum absolute atomic E-state index is 0.173. The average Bonchev–Trinajstić information content (AvgIpc) is 2.67. The van der Waals surface area contributed by atoms with E-state index in [1.165, 1.54) is 31.3 Å². The van der Waals surface area contributed by atoms with Crippen molar-refractivity contribution < 1.29 is 14.0 Å². The average molecular weight is 379 g/mol. The Kier molecular flexibility index (Phi) is 5.91. The van der Waals surface area contributed by atoms with Gasteiger partial charge in [-0.3, -0.25) is 9.59 Å². The van der Waals surface area contributed by atoms with Crippen LogP contribution in [0.15, 0.2) is 60.8 Å². The molecule has 2 amide bonds. The fourth-order valence-corrected chi connectivity index (χ4v) is 2.43. The monoisotopic (exact) mass is 379 g/mol. The van der Waals surface area contributed by atoms with E-state index in [-0.39, 0.29) is 35.8 Å². The van der Waals surface area contributed by atoms with Crippen LogP contribution in [0.5, 0.6) is 0 Å². The third kappa shape index (κ3) is 5.34. The summed E-state index contributed by atoms with van der Waals surface area (Å²) in [5.41, 5.74) is 2.26. The van der Waals surface area contributed by atoms with Crippen LogP contribution >= 0.6 is 0 Å². The van der Waals surface area contributed by atoms with Gasteiger partial charge in [0.15, 0.2) is 0 Å². The van der Waals surface area contributed by atoms with E-state index in [1.54, 1.807) is 36.4 Å². The molecule has 0 atom stereocenters. The van der Waals surface area contributed by atoms with Gasteiger partial charge in [0.25, 0.3) is 5.91 Å². The molecule has 0 spiro atoms. The first-order valence-corrected chi connectivity index (χ1v) is 8.50. The second kappa shape index (κ2) is 8.72. The van der Waals surface area contributed by atoms with Gasteiger partial charge in [0.05, 0.1) is 0 Å². The van der Waals surface area contributed by atoms with E-state index in [2.05, 4.69) is 25.9 Å². The molecule has 0 radical (unpaired) electrons. The standard InChI is InChI=1S/C20H18FN5O2/c1-13(27)24-16-3-2-4-17(11-16)25-20-22-10-9-18(26-20)19(28)23-12-14-5-7-15(21)8-6-14/h2-11H,12H2,1H3,(H,23,28)(H,24,27)(H,22,25,26). The summed E-state index contributed by atoms with van der Waals surface area (Å²) >= 11 is 0. The molecular formula is C20H18FN5O2. The Labute approximate surface area is 161 Å². The molecule has 0 unspecified atom stereocenters. The molecule has 8 heteroatoms. The largest absolute Gasteiger partial charge is 0.347 e. The number of hydrogen-bond donors (Lipinski definition) is 3. The van der Waals surface area contributed by atoms with Gasteiger partial charge in [-0.25, -0.2) is 14.4 Å². The molecule has 7 nitrogen and oxygen atoms in total. The maximum atomic E-state index is 12.9. The number of carbonyl (C=O) groups is 2. The lowest BCUT2D eigenvalue weighted by Gasteiger charge is -2.09. The molecule has 3 aromatic rings. The number of aromatic nitrogens is 2. The first kappa shape index (κ1) is 19.0. The van der Waals surface area contributed by atoms with Crippen LogP contribution in [0.1, 0.15) is 23.0 Å². The van der Waals surface area contributed by atoms with Crippen LogP contribution < -0.4 is 16.0 Å². The second-order valence-corrected chi connectivity index (χ2v) is 5.96. The first-order valence-electron chi connectivity index (χ1n) is 8.50. The maximum Gasteiger partial charge on any atom is 0.270 e. The Hall–Kier alpha value is -3.81. The van der Waals surface area contributed by atoms with E-state index < -0.39 is 0 Å². The number of anilines is 3. The molecule has 1 aromatic heterocycles. The molecule has 1 heterocycles. The van der Waals surface area contributed by atoms with Crippen molar-refractivity contribution in [2.75, 3.05) is 10.6 Å². The Balaban J connectivity index is 1.65. The molecular weight excluding hydrogens is 361 g/mol. The molecule has 0 aliphatic rings. The molecule has 0 saturated carbocycles. The molecule has 0 aliphatic carbocycles. The van der Waals surface area contributed by atoms with Crippen LogP contribution in [-0.2, 0) is 11.3 Å². The number of nitrogens with zero attached hydrogens (tertiary/aromatic N) is 2. The van der Waals surface area contributed by atoms with Crippen molar-refractivity contribution in [3.05, 3.63) is 77.9 Å². The van der Waals surface area contributed by atoms with E-state index in [4.69, 9.17) is 0 Å². The van der Waals surface area contributed by atoms with Crippen LogP contribution in [0.3, 0.4) is 0 Å². The van der Waals surface area contributed by atoms with Gasteiger partial charge >= 0.3 is 0 Å². The predicted octanol–water partition coefficient (Wildman–Crippen LogP) is 3.25. The Morgan fingerprint density at radius 1 is 1.04 bits per heavy atom. The smallest absolute Gasteiger partial charge is 0.270 e. The molecule has 0 saturated heterocycles. The van der Waals surface area contributed by atoms with Crippen molar-refractivity contribution in [1.29, 1.82) is 0 Å². The molecule has 28 heavy (non-hydrogen) atoms.